The van der Waals surface area contributed by atoms with Crippen LogP contribution in [0.4, 0.5) is 13.4 Å². The number of unbranched alkanes of at least 4 members (excludes halogenated alkanes) is 1. The Hall–Kier alpha value is -4.61. The maximum Gasteiger partial charge on any atom is 0.592 e. The zero-order valence-electron chi connectivity index (χ0n) is 24.4. The lowest BCUT2D eigenvalue weighted by atomic mass is 9.97. The summed E-state index contributed by atoms with van der Waals surface area (Å²) >= 11 is 0. The van der Waals surface area contributed by atoms with Crippen molar-refractivity contribution in [2.45, 2.75) is 57.3 Å². The Bertz CT molecular complexity index is 1290. The lowest BCUT2D eigenvalue weighted by Gasteiger charge is -2.27. The summed E-state index contributed by atoms with van der Waals surface area (Å²) in [5, 5.41) is 42.3. The van der Waals surface area contributed by atoms with Crippen LogP contribution in [0.15, 0.2) is 30.5 Å². The number of urea groups is 1. The van der Waals surface area contributed by atoms with E-state index in [1.165, 1.54) is 0 Å². The second-order valence-corrected chi connectivity index (χ2v) is 10.9. The predicted octanol–water partition coefficient (Wildman–Crippen LogP) is 0.840. The maximum atomic E-state index is 12.8. The molecule has 1 heterocycles. The van der Waals surface area contributed by atoms with Gasteiger partial charge in [0.15, 0.2) is 0 Å². The van der Waals surface area contributed by atoms with Crippen LogP contribution in [-0.2, 0) is 27.5 Å². The Morgan fingerprint density at radius 1 is 0.955 bits per heavy atom. The largest absolute Gasteiger partial charge is 0.592 e. The third-order valence-electron chi connectivity index (χ3n) is 6.43. The summed E-state index contributed by atoms with van der Waals surface area (Å²) in [6, 6.07) is 2.89. The number of carboxylic acids is 3. The van der Waals surface area contributed by atoms with Crippen molar-refractivity contribution in [2.24, 2.45) is 0 Å². The summed E-state index contributed by atoms with van der Waals surface area (Å²) in [6.45, 7) is 0.903. The fourth-order valence-electron chi connectivity index (χ4n) is 4.23. The molecular formula is C26H37BF2N7O8+. The van der Waals surface area contributed by atoms with E-state index in [2.05, 4.69) is 26.3 Å². The van der Waals surface area contributed by atoms with Crippen LogP contribution < -0.4 is 16.0 Å². The summed E-state index contributed by atoms with van der Waals surface area (Å²) in [6.07, 6.45) is 1.25. The van der Waals surface area contributed by atoms with Gasteiger partial charge in [-0.25, -0.2) is 19.1 Å². The fraction of sp³-hybridized carbons (Fsp3) is 0.500. The Morgan fingerprint density at radius 3 is 2.14 bits per heavy atom. The first-order chi connectivity index (χ1) is 20.6. The van der Waals surface area contributed by atoms with Crippen molar-refractivity contribution in [1.82, 2.24) is 30.9 Å². The number of carbonyl (C=O) groups is 5. The first kappa shape index (κ1) is 35.6. The van der Waals surface area contributed by atoms with E-state index < -0.39 is 49.7 Å². The Labute approximate surface area is 252 Å². The molecule has 15 nitrogen and oxygen atoms in total. The number of carboxylic acid groups (broad SMARTS) is 3. The van der Waals surface area contributed by atoms with Gasteiger partial charge in [0.1, 0.15) is 30.8 Å². The van der Waals surface area contributed by atoms with E-state index in [4.69, 9.17) is 10.2 Å². The van der Waals surface area contributed by atoms with E-state index in [0.29, 0.717) is 37.2 Å². The van der Waals surface area contributed by atoms with Crippen LogP contribution in [0, 0.1) is 0 Å². The quantitative estimate of drug-likeness (QED) is 0.0736. The van der Waals surface area contributed by atoms with Gasteiger partial charge in [-0.1, -0.05) is 17.3 Å². The standard InChI is InChI=1S/C26H36BF2N7O8/c1-36(2,16-27(28)29)15-19-14-35(34-33-19)13-17-6-8-18(9-7-17)23(39)30-12-4-3-5-20(24(40)41)31-26(44)32-21(25(42)43)10-11-22(37)38/h6-9,14,20-21H,3-5,10-13,15-16H2,1-2H3,(H5-,30,31,32,37,38,39,40,41,42,43,44)/p+1. The van der Waals surface area contributed by atoms with Crippen molar-refractivity contribution in [3.8, 4) is 0 Å². The molecule has 1 aromatic heterocycles. The number of carbonyl (C=O) groups excluding carboxylic acids is 2. The molecule has 2 unspecified atom stereocenters. The Morgan fingerprint density at radius 2 is 1.57 bits per heavy atom. The zero-order valence-corrected chi connectivity index (χ0v) is 24.4. The lowest BCUT2D eigenvalue weighted by Crippen LogP contribution is -2.51. The minimum atomic E-state index is -2.43. The molecule has 18 heteroatoms. The van der Waals surface area contributed by atoms with Gasteiger partial charge >= 0.3 is 31.2 Å². The van der Waals surface area contributed by atoms with Gasteiger partial charge in [-0.3, -0.25) is 18.2 Å². The minimum absolute atomic E-state index is 0.00686. The summed E-state index contributed by atoms with van der Waals surface area (Å²) in [7, 11) is 0.953. The van der Waals surface area contributed by atoms with Crippen molar-refractivity contribution in [2.75, 3.05) is 27.1 Å². The van der Waals surface area contributed by atoms with Gasteiger partial charge in [0.25, 0.3) is 5.91 Å². The van der Waals surface area contributed by atoms with E-state index in [-0.39, 0.29) is 36.2 Å². The number of hydrogen-bond acceptors (Lipinski definition) is 7. The van der Waals surface area contributed by atoms with Crippen LogP contribution >= 0.6 is 0 Å². The molecule has 3 amide bonds. The molecule has 6 N–H and O–H groups in total. The predicted molar refractivity (Wildman–Crippen MR) is 152 cm³/mol. The van der Waals surface area contributed by atoms with Crippen LogP contribution in [0.25, 0.3) is 0 Å². The van der Waals surface area contributed by atoms with Crippen molar-refractivity contribution in [3.05, 3.63) is 47.3 Å². The SMILES string of the molecule is C[N+](C)(CB(F)F)Cc1cn(Cc2ccc(C(=O)NCCCCC(NC(=O)NC(CCC(=O)O)C(=O)O)C(=O)O)cc2)nn1. The summed E-state index contributed by atoms with van der Waals surface area (Å²) in [4.78, 5) is 58.0. The molecule has 240 valence electrons. The Kier molecular flexibility index (Phi) is 13.7. The average Bonchev–Trinajstić information content (AvgIpc) is 3.34. The molecule has 0 aliphatic carbocycles. The number of nitrogens with zero attached hydrogens (tertiary/aromatic N) is 4. The number of aromatic nitrogens is 3. The molecule has 1 aromatic carbocycles. The fourth-order valence-corrected chi connectivity index (χ4v) is 4.23. The number of hydrogen-bond donors (Lipinski definition) is 6. The number of quaternary nitrogens is 1. The van der Waals surface area contributed by atoms with Gasteiger partial charge in [0.2, 0.25) is 0 Å². The number of aliphatic carboxylic acids is 3. The molecule has 0 fully saturated rings. The highest BCUT2D eigenvalue weighted by Crippen LogP contribution is 2.11. The average molecular weight is 624 g/mol. The summed E-state index contributed by atoms with van der Waals surface area (Å²) < 4.78 is 27.2. The van der Waals surface area contributed by atoms with Crippen molar-refractivity contribution in [3.63, 3.8) is 0 Å². The van der Waals surface area contributed by atoms with Crippen LogP contribution in [-0.4, -0.2) is 111 Å². The number of nitrogens with one attached hydrogen (secondary N) is 3. The van der Waals surface area contributed by atoms with Crippen molar-refractivity contribution >= 4 is 37.1 Å². The van der Waals surface area contributed by atoms with Crippen LogP contribution in [0.2, 0.25) is 0 Å². The lowest BCUT2D eigenvalue weighted by molar-refractivity contribution is -0.894. The number of benzene rings is 1. The monoisotopic (exact) mass is 624 g/mol. The molecule has 2 rings (SSSR count). The van der Waals surface area contributed by atoms with Gasteiger partial charge in [-0.15, -0.1) is 5.10 Å². The highest BCUT2D eigenvalue weighted by molar-refractivity contribution is 6.42. The molecule has 0 spiro atoms. The third kappa shape index (κ3) is 13.1. The smallest absolute Gasteiger partial charge is 0.481 e. The first-order valence-electron chi connectivity index (χ1n) is 13.8. The summed E-state index contributed by atoms with van der Waals surface area (Å²) in [5.41, 5.74) is 1.82. The normalized spacial score (nSPS) is 12.5. The van der Waals surface area contributed by atoms with Crippen LogP contribution in [0.1, 0.15) is 53.7 Å². The van der Waals surface area contributed by atoms with E-state index in [1.54, 1.807) is 49.2 Å². The van der Waals surface area contributed by atoms with Gasteiger partial charge in [0.05, 0.1) is 26.8 Å². The van der Waals surface area contributed by atoms with Gasteiger partial charge in [-0.2, -0.15) is 0 Å². The molecule has 44 heavy (non-hydrogen) atoms. The molecular weight excluding hydrogens is 587 g/mol. The number of amides is 3. The first-order valence-corrected chi connectivity index (χ1v) is 13.8. The highest BCUT2D eigenvalue weighted by atomic mass is 19.2. The summed E-state index contributed by atoms with van der Waals surface area (Å²) in [5.74, 6) is -4.37. The molecule has 0 radical (unpaired) electrons. The molecule has 0 aliphatic rings. The maximum absolute atomic E-state index is 12.8. The van der Waals surface area contributed by atoms with Gasteiger partial charge in [-0.05, 0) is 43.4 Å². The second kappa shape index (κ2) is 16.9. The molecule has 0 saturated heterocycles. The van der Waals surface area contributed by atoms with Gasteiger partial charge < -0.3 is 35.8 Å². The molecule has 0 bridgehead atoms. The van der Waals surface area contributed by atoms with Crippen molar-refractivity contribution < 1.29 is 52.4 Å². The van der Waals surface area contributed by atoms with Crippen LogP contribution in [0.5, 0.6) is 0 Å². The van der Waals surface area contributed by atoms with E-state index in [1.807, 2.05) is 0 Å². The van der Waals surface area contributed by atoms with E-state index >= 15 is 0 Å². The Balaban J connectivity index is 1.76. The van der Waals surface area contributed by atoms with Crippen molar-refractivity contribution in [1.29, 1.82) is 0 Å². The second-order valence-electron chi connectivity index (χ2n) is 10.9. The molecule has 2 aromatic rings. The topological polar surface area (TPSA) is 213 Å². The van der Waals surface area contributed by atoms with Gasteiger partial charge in [0, 0.05) is 18.5 Å². The van der Waals surface area contributed by atoms with E-state index in [9.17, 15) is 37.7 Å². The highest BCUT2D eigenvalue weighted by Gasteiger charge is 2.28. The number of halogens is 2. The van der Waals surface area contributed by atoms with E-state index in [0.717, 1.165) is 5.56 Å². The zero-order chi connectivity index (χ0) is 32.9. The minimum Gasteiger partial charge on any atom is -0.481 e. The van der Waals surface area contributed by atoms with Crippen LogP contribution in [0.3, 0.4) is 0 Å². The molecule has 0 aliphatic heterocycles. The molecule has 0 saturated carbocycles. The molecule has 2 atom stereocenters. The number of rotatable bonds is 19. The third-order valence-corrected chi connectivity index (χ3v) is 6.43.